The number of fused-ring (bicyclic) bond motifs is 2. The second kappa shape index (κ2) is 18.7. The van der Waals surface area contributed by atoms with E-state index >= 15 is 0 Å². The van der Waals surface area contributed by atoms with Gasteiger partial charge >= 0.3 is 0 Å². The van der Waals surface area contributed by atoms with Crippen LogP contribution in [0.3, 0.4) is 0 Å². The number of thiazole rings is 1. The molecule has 4 heterocycles. The summed E-state index contributed by atoms with van der Waals surface area (Å²) in [6, 6.07) is 35.4. The van der Waals surface area contributed by atoms with Crippen molar-refractivity contribution < 1.29 is 0 Å². The van der Waals surface area contributed by atoms with Crippen LogP contribution in [0.2, 0.25) is 6.82 Å². The van der Waals surface area contributed by atoms with E-state index in [1.54, 1.807) is 17.4 Å². The first-order chi connectivity index (χ1) is 30.8. The number of para-hydroxylation sites is 2. The van der Waals surface area contributed by atoms with E-state index in [4.69, 9.17) is 19.9 Å². The van der Waals surface area contributed by atoms with Crippen LogP contribution in [0.25, 0.3) is 91.2 Å². The molecule has 0 aliphatic heterocycles. The maximum absolute atomic E-state index is 5.24. The first kappa shape index (κ1) is 42.3. The number of rotatable bonds is 13. The van der Waals surface area contributed by atoms with Crippen molar-refractivity contribution in [2.45, 2.75) is 34.5 Å². The van der Waals surface area contributed by atoms with Crippen molar-refractivity contribution in [2.24, 2.45) is 0 Å². The zero-order valence-electron chi connectivity index (χ0n) is 36.5. The van der Waals surface area contributed by atoms with Crippen molar-refractivity contribution in [2.75, 3.05) is 0 Å². The van der Waals surface area contributed by atoms with E-state index in [9.17, 15) is 0 Å². The molecular weight excluding hydrogens is 788 g/mol. The predicted molar refractivity (Wildman–Crippen MR) is 274 cm³/mol. The molecule has 8 heteroatoms. The zero-order chi connectivity index (χ0) is 44.0. The molecule has 8 rings (SSSR count). The third-order valence-corrected chi connectivity index (χ3v) is 12.2. The van der Waals surface area contributed by atoms with Gasteiger partial charge in [-0.05, 0) is 87.7 Å². The molecule has 0 saturated heterocycles. The van der Waals surface area contributed by atoms with Gasteiger partial charge < -0.3 is 9.13 Å². The van der Waals surface area contributed by atoms with Crippen molar-refractivity contribution >= 4 is 86.8 Å². The minimum Gasteiger partial charge on any atom is -0.314 e. The zero-order valence-corrected chi connectivity index (χ0v) is 37.3. The fraction of sp³-hybridized carbons (Fsp3) is 0.0909. The van der Waals surface area contributed by atoms with Crippen molar-refractivity contribution in [3.63, 3.8) is 0 Å². The monoisotopic (exact) mass is 836 g/mol. The topological polar surface area (TPSA) is 61.4 Å². The normalized spacial score (nSPS) is 13.0. The van der Waals surface area contributed by atoms with E-state index in [0.29, 0.717) is 17.5 Å². The summed E-state index contributed by atoms with van der Waals surface area (Å²) in [6.45, 7) is 23.3. The van der Waals surface area contributed by atoms with Gasteiger partial charge in [-0.15, -0.1) is 11.3 Å². The molecule has 0 radical (unpaired) electrons. The molecule has 63 heavy (non-hydrogen) atoms. The molecule has 0 saturated carbocycles. The summed E-state index contributed by atoms with van der Waals surface area (Å²) >= 11 is 1.68. The Bertz CT molecular complexity index is 3300. The van der Waals surface area contributed by atoms with Crippen molar-refractivity contribution in [1.29, 1.82) is 0 Å². The molecule has 8 aromatic rings. The third-order valence-electron chi connectivity index (χ3n) is 11.1. The molecule has 0 bridgehead atoms. The summed E-state index contributed by atoms with van der Waals surface area (Å²) in [7, 11) is 0.856. The first-order valence-corrected chi connectivity index (χ1v) is 22.1. The lowest BCUT2D eigenvalue weighted by atomic mass is 9.71. The molecule has 0 aliphatic rings. The summed E-state index contributed by atoms with van der Waals surface area (Å²) < 4.78 is 5.74. The van der Waals surface area contributed by atoms with Gasteiger partial charge in [0.15, 0.2) is 24.8 Å². The van der Waals surface area contributed by atoms with Crippen LogP contribution in [0, 0.1) is 0 Å². The smallest absolute Gasteiger partial charge is 0.164 e. The van der Waals surface area contributed by atoms with Crippen LogP contribution >= 0.6 is 11.3 Å². The van der Waals surface area contributed by atoms with Crippen LogP contribution in [0.5, 0.6) is 0 Å². The maximum Gasteiger partial charge on any atom is 0.164 e. The quantitative estimate of drug-likeness (QED) is 0.0857. The molecule has 0 fully saturated rings. The van der Waals surface area contributed by atoms with Gasteiger partial charge in [0.05, 0.1) is 26.8 Å². The van der Waals surface area contributed by atoms with E-state index in [2.05, 4.69) is 147 Å². The number of hydrogen-bond donors (Lipinski definition) is 0. The largest absolute Gasteiger partial charge is 0.314 e. The number of nitrogens with zero attached hydrogens (tertiary/aromatic N) is 6. The minimum absolute atomic E-state index is 0.584. The van der Waals surface area contributed by atoms with Crippen LogP contribution in [-0.2, 0) is 0 Å². The highest BCUT2D eigenvalue weighted by molar-refractivity contribution is 7.19. The number of benzene rings is 4. The SMILES string of the molecule is C=C/C=C\C(=C/C)c1nc(-c2ccccc2)nc(-c2ccc3sc(C(=C/C)/C=C(\C)n4c(/C=c5\c(=C)c(/C=C\C)c(C=C)n5-c5ccccc5)c(BC)c5ccccc54)nc3c2)n1. The lowest BCUT2D eigenvalue weighted by Gasteiger charge is -2.12. The lowest BCUT2D eigenvalue weighted by Crippen LogP contribution is -2.30. The summed E-state index contributed by atoms with van der Waals surface area (Å²) in [5.41, 5.74) is 12.3. The van der Waals surface area contributed by atoms with E-state index in [0.717, 1.165) is 89.2 Å². The van der Waals surface area contributed by atoms with Gasteiger partial charge in [-0.1, -0.05) is 141 Å². The molecule has 0 amide bonds. The van der Waals surface area contributed by atoms with Crippen LogP contribution in [0.15, 0.2) is 159 Å². The van der Waals surface area contributed by atoms with Gasteiger partial charge in [-0.3, -0.25) is 0 Å². The summed E-state index contributed by atoms with van der Waals surface area (Å²) in [4.78, 5) is 20.1. The van der Waals surface area contributed by atoms with Gasteiger partial charge in [-0.25, -0.2) is 19.9 Å². The van der Waals surface area contributed by atoms with Crippen molar-refractivity contribution in [1.82, 2.24) is 29.1 Å². The van der Waals surface area contributed by atoms with Crippen molar-refractivity contribution in [3.8, 4) is 28.5 Å². The molecule has 4 aromatic carbocycles. The Labute approximate surface area is 374 Å². The van der Waals surface area contributed by atoms with Gasteiger partial charge in [0.1, 0.15) is 5.01 Å². The van der Waals surface area contributed by atoms with E-state index in [1.165, 1.54) is 10.8 Å². The standard InChI is InChI=1S/C55H49BN6S/c1-9-14-24-38(11-3)52-58-53(40-25-17-15-18-26-40)60-54(59-52)41-31-32-50-45(34-41)57-55(63-50)39(12-4)33-36(6)61-47-30-22-21-29-44(47)51(56-8)49(61)35-48-37(7)43(23-10-2)46(13-5)62(48)42-27-19-16-20-28-42/h9-35,56H,1,5,7H2,2-4,6,8H3/b23-10-,24-14-,36-33+,38-11+,39-12+,48-35+. The maximum atomic E-state index is 5.24. The van der Waals surface area contributed by atoms with Gasteiger partial charge in [0, 0.05) is 50.1 Å². The van der Waals surface area contributed by atoms with Gasteiger partial charge in [-0.2, -0.15) is 0 Å². The summed E-state index contributed by atoms with van der Waals surface area (Å²) in [5.74, 6) is 1.78. The minimum atomic E-state index is 0.584. The molecule has 0 spiro atoms. The summed E-state index contributed by atoms with van der Waals surface area (Å²) in [5, 5.41) is 4.12. The Hall–Kier alpha value is -7.42. The van der Waals surface area contributed by atoms with Crippen LogP contribution in [-0.4, -0.2) is 36.3 Å². The molecule has 6 nitrogen and oxygen atoms in total. The Balaban J connectivity index is 1.25. The Morgan fingerprint density at radius 3 is 2.14 bits per heavy atom. The molecule has 4 aromatic heterocycles. The van der Waals surface area contributed by atoms with Crippen LogP contribution in [0.1, 0.15) is 55.5 Å². The second-order valence-electron chi connectivity index (χ2n) is 15.0. The fourth-order valence-corrected chi connectivity index (χ4v) is 9.16. The van der Waals surface area contributed by atoms with E-state index < -0.39 is 0 Å². The van der Waals surface area contributed by atoms with E-state index in [-0.39, 0.29) is 0 Å². The van der Waals surface area contributed by atoms with Crippen LogP contribution in [0.4, 0.5) is 0 Å². The lowest BCUT2D eigenvalue weighted by molar-refractivity contribution is 1.01. The Kier molecular flexibility index (Phi) is 12.5. The molecule has 0 N–H and O–H groups in total. The Morgan fingerprint density at radius 2 is 1.46 bits per heavy atom. The molecule has 0 unspecified atom stereocenters. The predicted octanol–water partition coefficient (Wildman–Crippen LogP) is 11.7. The number of aromatic nitrogens is 6. The average Bonchev–Trinajstić information content (AvgIpc) is 3.98. The highest BCUT2D eigenvalue weighted by atomic mass is 32.1. The fourth-order valence-electron chi connectivity index (χ4n) is 8.17. The number of hydrogen-bond acceptors (Lipinski definition) is 5. The summed E-state index contributed by atoms with van der Waals surface area (Å²) in [6.07, 6.45) is 20.4. The van der Waals surface area contributed by atoms with E-state index in [1.807, 2.05) is 74.5 Å². The highest BCUT2D eigenvalue weighted by Crippen LogP contribution is 2.33. The first-order valence-electron chi connectivity index (χ1n) is 21.2. The van der Waals surface area contributed by atoms with Gasteiger partial charge in [0.2, 0.25) is 0 Å². The Morgan fingerprint density at radius 1 is 0.762 bits per heavy atom. The average molecular weight is 837 g/mol. The van der Waals surface area contributed by atoms with Crippen molar-refractivity contribution in [3.05, 3.63) is 197 Å². The second-order valence-corrected chi connectivity index (χ2v) is 16.0. The number of allylic oxidation sites excluding steroid dienone is 10. The molecule has 0 aliphatic carbocycles. The molecule has 0 atom stereocenters. The molecular formula is C55H49BN6S. The van der Waals surface area contributed by atoms with Gasteiger partial charge in [0.25, 0.3) is 0 Å². The third kappa shape index (κ3) is 8.21. The highest BCUT2D eigenvalue weighted by Gasteiger charge is 2.20. The molecule has 308 valence electrons. The van der Waals surface area contributed by atoms with Crippen LogP contribution < -0.4 is 16.0 Å².